The van der Waals surface area contributed by atoms with Crippen molar-refractivity contribution in [3.05, 3.63) is 40.1 Å². The summed E-state index contributed by atoms with van der Waals surface area (Å²) in [6, 6.07) is 5.76. The van der Waals surface area contributed by atoms with Crippen LogP contribution in [0.15, 0.2) is 24.3 Å². The van der Waals surface area contributed by atoms with Gasteiger partial charge in [0.05, 0.1) is 28.4 Å². The van der Waals surface area contributed by atoms with Crippen molar-refractivity contribution in [1.82, 2.24) is 9.97 Å². The fourth-order valence-corrected chi connectivity index (χ4v) is 2.55. The molecule has 1 aromatic heterocycles. The standard InChI is InChI=1S/C15H10Cl2FN3O2/c1-23-11-5-9-7(4-10(11)22)14(21-15(19)20-9)6-2-3-8(16)12(17)13(6)18/h2-5,22H,1H3,(H2,19,20,21). The molecule has 0 amide bonds. The number of aromatic nitrogens is 2. The minimum Gasteiger partial charge on any atom is -0.504 e. The molecule has 0 aliphatic carbocycles. The van der Waals surface area contributed by atoms with Gasteiger partial charge in [0.1, 0.15) is 0 Å². The fourth-order valence-electron chi connectivity index (χ4n) is 2.24. The van der Waals surface area contributed by atoms with Gasteiger partial charge < -0.3 is 15.6 Å². The minimum absolute atomic E-state index is 0.0503. The van der Waals surface area contributed by atoms with Crippen molar-refractivity contribution in [2.24, 2.45) is 0 Å². The van der Waals surface area contributed by atoms with Crippen LogP contribution in [0.1, 0.15) is 0 Å². The quantitative estimate of drug-likeness (QED) is 0.679. The first-order valence-corrected chi connectivity index (χ1v) is 7.16. The van der Waals surface area contributed by atoms with Gasteiger partial charge in [-0.25, -0.2) is 14.4 Å². The number of anilines is 1. The van der Waals surface area contributed by atoms with E-state index in [9.17, 15) is 9.50 Å². The molecule has 0 aliphatic rings. The first kappa shape index (κ1) is 15.6. The summed E-state index contributed by atoms with van der Waals surface area (Å²) in [5.74, 6) is -0.689. The van der Waals surface area contributed by atoms with Crippen LogP contribution in [0.25, 0.3) is 22.2 Å². The zero-order valence-electron chi connectivity index (χ0n) is 11.8. The predicted molar refractivity (Wildman–Crippen MR) is 87.6 cm³/mol. The number of phenols is 1. The van der Waals surface area contributed by atoms with Crippen molar-refractivity contribution in [3.8, 4) is 22.8 Å². The van der Waals surface area contributed by atoms with Crippen LogP contribution >= 0.6 is 23.2 Å². The van der Waals surface area contributed by atoms with Gasteiger partial charge in [-0.1, -0.05) is 23.2 Å². The lowest BCUT2D eigenvalue weighted by molar-refractivity contribution is 0.374. The van der Waals surface area contributed by atoms with Crippen LogP contribution in [0.3, 0.4) is 0 Å². The Kier molecular flexibility index (Phi) is 3.87. The number of methoxy groups -OCH3 is 1. The van der Waals surface area contributed by atoms with Crippen molar-refractivity contribution in [1.29, 1.82) is 0 Å². The second-order valence-corrected chi connectivity index (χ2v) is 5.48. The van der Waals surface area contributed by atoms with Crippen LogP contribution in [-0.2, 0) is 0 Å². The van der Waals surface area contributed by atoms with E-state index in [1.165, 1.54) is 31.4 Å². The third-order valence-corrected chi connectivity index (χ3v) is 4.09. The lowest BCUT2D eigenvalue weighted by Gasteiger charge is -2.11. The average Bonchev–Trinajstić information content (AvgIpc) is 2.52. The normalized spacial score (nSPS) is 11.0. The Morgan fingerprint density at radius 1 is 1.22 bits per heavy atom. The van der Waals surface area contributed by atoms with Crippen LogP contribution in [0.2, 0.25) is 10.0 Å². The van der Waals surface area contributed by atoms with Crippen molar-refractivity contribution in [3.63, 3.8) is 0 Å². The zero-order chi connectivity index (χ0) is 16.7. The third-order valence-electron chi connectivity index (χ3n) is 3.30. The van der Waals surface area contributed by atoms with E-state index >= 15 is 0 Å². The molecule has 2 aromatic carbocycles. The molecule has 3 aromatic rings. The van der Waals surface area contributed by atoms with Crippen LogP contribution in [-0.4, -0.2) is 22.2 Å². The number of nitrogens with two attached hydrogens (primary N) is 1. The molecule has 0 bridgehead atoms. The first-order valence-electron chi connectivity index (χ1n) is 6.40. The number of benzene rings is 2. The van der Waals surface area contributed by atoms with E-state index in [2.05, 4.69) is 9.97 Å². The highest BCUT2D eigenvalue weighted by atomic mass is 35.5. The lowest BCUT2D eigenvalue weighted by Crippen LogP contribution is -2.00. The fraction of sp³-hybridized carbons (Fsp3) is 0.0667. The summed E-state index contributed by atoms with van der Waals surface area (Å²) in [7, 11) is 1.41. The highest BCUT2D eigenvalue weighted by Gasteiger charge is 2.18. The summed E-state index contributed by atoms with van der Waals surface area (Å²) in [6.07, 6.45) is 0. The van der Waals surface area contributed by atoms with Gasteiger partial charge >= 0.3 is 0 Å². The number of hydrogen-bond donors (Lipinski definition) is 2. The first-order chi connectivity index (χ1) is 10.9. The van der Waals surface area contributed by atoms with E-state index in [0.29, 0.717) is 10.9 Å². The number of hydrogen-bond acceptors (Lipinski definition) is 5. The van der Waals surface area contributed by atoms with Crippen molar-refractivity contribution < 1.29 is 14.2 Å². The highest BCUT2D eigenvalue weighted by Crippen LogP contribution is 2.38. The third kappa shape index (κ3) is 2.60. The van der Waals surface area contributed by atoms with Gasteiger partial charge in [0.15, 0.2) is 17.3 Å². The van der Waals surface area contributed by atoms with Crippen LogP contribution < -0.4 is 10.5 Å². The molecule has 5 nitrogen and oxygen atoms in total. The molecule has 0 spiro atoms. The summed E-state index contributed by atoms with van der Waals surface area (Å²) in [5.41, 5.74) is 6.39. The van der Waals surface area contributed by atoms with Gasteiger partial charge in [-0.15, -0.1) is 0 Å². The molecule has 0 aliphatic heterocycles. The van der Waals surface area contributed by atoms with E-state index < -0.39 is 5.82 Å². The summed E-state index contributed by atoms with van der Waals surface area (Å²) in [4.78, 5) is 8.15. The second-order valence-electron chi connectivity index (χ2n) is 4.69. The molecule has 0 saturated carbocycles. The SMILES string of the molecule is COc1cc2nc(N)nc(-c3ccc(Cl)c(Cl)c3F)c2cc1O. The van der Waals surface area contributed by atoms with E-state index in [1.54, 1.807) is 0 Å². The van der Waals surface area contributed by atoms with E-state index in [0.717, 1.165) is 0 Å². The molecular weight excluding hydrogens is 344 g/mol. The average molecular weight is 354 g/mol. The van der Waals surface area contributed by atoms with E-state index in [4.69, 9.17) is 33.7 Å². The molecule has 1 heterocycles. The van der Waals surface area contributed by atoms with Crippen molar-refractivity contribution in [2.75, 3.05) is 12.8 Å². The maximum atomic E-state index is 14.4. The van der Waals surface area contributed by atoms with Crippen LogP contribution in [0.4, 0.5) is 10.3 Å². The van der Waals surface area contributed by atoms with Crippen molar-refractivity contribution in [2.45, 2.75) is 0 Å². The monoisotopic (exact) mass is 353 g/mol. The molecule has 118 valence electrons. The van der Waals surface area contributed by atoms with Crippen LogP contribution in [0.5, 0.6) is 11.5 Å². The number of phenolic OH excluding ortho intramolecular Hbond substituents is 1. The Labute approximate surface area is 140 Å². The predicted octanol–water partition coefficient (Wildman–Crippen LogP) is 4.04. The topological polar surface area (TPSA) is 81.3 Å². The Morgan fingerprint density at radius 3 is 2.65 bits per heavy atom. The molecule has 0 saturated heterocycles. The zero-order valence-corrected chi connectivity index (χ0v) is 13.3. The van der Waals surface area contributed by atoms with Crippen molar-refractivity contribution >= 4 is 40.1 Å². The number of aromatic hydroxyl groups is 1. The molecule has 3 rings (SSSR count). The highest BCUT2D eigenvalue weighted by molar-refractivity contribution is 6.42. The smallest absolute Gasteiger partial charge is 0.221 e. The summed E-state index contributed by atoms with van der Waals surface area (Å²) >= 11 is 11.7. The molecule has 0 unspecified atom stereocenters. The maximum absolute atomic E-state index is 14.4. The number of fused-ring (bicyclic) bond motifs is 1. The maximum Gasteiger partial charge on any atom is 0.221 e. The van der Waals surface area contributed by atoms with Gasteiger partial charge in [0, 0.05) is 17.0 Å². The van der Waals surface area contributed by atoms with E-state index in [-0.39, 0.29) is 38.8 Å². The second kappa shape index (κ2) is 5.72. The lowest BCUT2D eigenvalue weighted by atomic mass is 10.1. The number of nitrogens with zero attached hydrogens (tertiary/aromatic N) is 2. The molecule has 0 radical (unpaired) electrons. The summed E-state index contributed by atoms with van der Waals surface area (Å²) in [5, 5.41) is 10.2. The molecule has 0 atom stereocenters. The number of halogens is 3. The largest absolute Gasteiger partial charge is 0.504 e. The van der Waals surface area contributed by atoms with Gasteiger partial charge in [-0.2, -0.15) is 0 Å². The van der Waals surface area contributed by atoms with Crippen LogP contribution in [0, 0.1) is 5.82 Å². The Hall–Kier alpha value is -2.31. The minimum atomic E-state index is -0.728. The molecule has 3 N–H and O–H groups in total. The molecule has 8 heteroatoms. The molecule has 0 fully saturated rings. The van der Waals surface area contributed by atoms with Gasteiger partial charge in [-0.05, 0) is 18.2 Å². The van der Waals surface area contributed by atoms with E-state index in [1.807, 2.05) is 0 Å². The Balaban J connectivity index is 2.38. The Morgan fingerprint density at radius 2 is 1.96 bits per heavy atom. The van der Waals surface area contributed by atoms with Gasteiger partial charge in [0.25, 0.3) is 0 Å². The molecule has 23 heavy (non-hydrogen) atoms. The Bertz CT molecular complexity index is 934. The number of ether oxygens (including phenoxy) is 1. The van der Waals surface area contributed by atoms with Gasteiger partial charge in [0.2, 0.25) is 5.95 Å². The summed E-state index contributed by atoms with van der Waals surface area (Å²) < 4.78 is 19.5. The van der Waals surface area contributed by atoms with Gasteiger partial charge in [-0.3, -0.25) is 0 Å². The summed E-state index contributed by atoms with van der Waals surface area (Å²) in [6.45, 7) is 0. The number of rotatable bonds is 2. The molecular formula is C15H10Cl2FN3O2. The number of nitrogen functional groups attached to an aromatic ring is 1.